The van der Waals surface area contributed by atoms with Crippen LogP contribution in [-0.4, -0.2) is 17.6 Å². The topological polar surface area (TPSA) is 49.3 Å². The minimum absolute atomic E-state index is 0.0238. The Morgan fingerprint density at radius 1 is 1.50 bits per heavy atom. The van der Waals surface area contributed by atoms with Crippen molar-refractivity contribution < 1.29 is 18.7 Å². The average Bonchev–Trinajstić information content (AvgIpc) is 2.23. The van der Waals surface area contributed by atoms with Gasteiger partial charge < -0.3 is 5.11 Å². The summed E-state index contributed by atoms with van der Waals surface area (Å²) in [5.74, 6) is -1.12. The number of aliphatic carboxylic acids is 1. The fourth-order valence-electron chi connectivity index (χ4n) is 1.20. The molecule has 3 nitrogen and oxygen atoms in total. The molecule has 0 amide bonds. The van der Waals surface area contributed by atoms with Gasteiger partial charge in [0.25, 0.3) is 0 Å². The van der Waals surface area contributed by atoms with Crippen molar-refractivity contribution in [2.75, 3.05) is 6.54 Å². The van der Waals surface area contributed by atoms with Crippen molar-refractivity contribution >= 4 is 5.97 Å². The Bertz CT molecular complexity index is 440. The van der Waals surface area contributed by atoms with Crippen LogP contribution in [0, 0.1) is 24.0 Å². The van der Waals surface area contributed by atoms with E-state index in [0.29, 0.717) is 0 Å². The van der Waals surface area contributed by atoms with E-state index < -0.39 is 23.6 Å². The smallest absolute Gasteiger partial charge is 0.325 e. The summed E-state index contributed by atoms with van der Waals surface area (Å²) < 4.78 is 25.5. The molecular formula is C11H9F2NO2. The van der Waals surface area contributed by atoms with Crippen LogP contribution in [0.1, 0.15) is 11.6 Å². The van der Waals surface area contributed by atoms with Gasteiger partial charge in [0.15, 0.2) is 11.6 Å². The quantitative estimate of drug-likeness (QED) is 0.759. The van der Waals surface area contributed by atoms with E-state index >= 15 is 0 Å². The lowest BCUT2D eigenvalue weighted by atomic mass is 10.1. The third-order valence-corrected chi connectivity index (χ3v) is 1.93. The number of carbonyl (C=O) groups is 1. The van der Waals surface area contributed by atoms with Crippen LogP contribution in [0.4, 0.5) is 8.78 Å². The van der Waals surface area contributed by atoms with Crippen LogP contribution in [0.3, 0.4) is 0 Å². The summed E-state index contributed by atoms with van der Waals surface area (Å²) in [5.41, 5.74) is 0.113. The number of halogens is 2. The first-order chi connectivity index (χ1) is 7.56. The standard InChI is InChI=1S/C11H9F2NO2/c1-2-5-14-10(11(15)16)7-3-4-8(12)9(13)6-7/h1,3-4,6,10,14H,5H2,(H,15,16). The van der Waals surface area contributed by atoms with Crippen LogP contribution < -0.4 is 5.32 Å². The number of carboxylic acid groups (broad SMARTS) is 1. The lowest BCUT2D eigenvalue weighted by molar-refractivity contribution is -0.139. The number of hydrogen-bond acceptors (Lipinski definition) is 2. The lowest BCUT2D eigenvalue weighted by Gasteiger charge is -2.13. The molecular weight excluding hydrogens is 216 g/mol. The molecule has 0 spiro atoms. The van der Waals surface area contributed by atoms with E-state index in [1.807, 2.05) is 0 Å². The second-order valence-corrected chi connectivity index (χ2v) is 3.03. The molecule has 1 aromatic carbocycles. The van der Waals surface area contributed by atoms with Crippen molar-refractivity contribution in [1.82, 2.24) is 5.32 Å². The van der Waals surface area contributed by atoms with Crippen molar-refractivity contribution in [3.63, 3.8) is 0 Å². The van der Waals surface area contributed by atoms with Crippen LogP contribution in [-0.2, 0) is 4.79 Å². The molecule has 1 atom stereocenters. The Morgan fingerprint density at radius 2 is 2.19 bits per heavy atom. The Labute approximate surface area is 91.1 Å². The highest BCUT2D eigenvalue weighted by atomic mass is 19.2. The van der Waals surface area contributed by atoms with Crippen LogP contribution in [0.2, 0.25) is 0 Å². The number of carboxylic acids is 1. The van der Waals surface area contributed by atoms with Crippen LogP contribution >= 0.6 is 0 Å². The maximum atomic E-state index is 12.9. The molecule has 1 aromatic rings. The zero-order chi connectivity index (χ0) is 12.1. The first kappa shape index (κ1) is 12.1. The number of benzene rings is 1. The molecule has 16 heavy (non-hydrogen) atoms. The Hall–Kier alpha value is -1.93. The Kier molecular flexibility index (Phi) is 3.97. The Morgan fingerprint density at radius 3 is 2.69 bits per heavy atom. The van der Waals surface area contributed by atoms with E-state index in [1.54, 1.807) is 0 Å². The molecule has 1 rings (SSSR count). The van der Waals surface area contributed by atoms with Gasteiger partial charge in [0.2, 0.25) is 0 Å². The summed E-state index contributed by atoms with van der Waals surface area (Å²) in [5, 5.41) is 11.4. The zero-order valence-corrected chi connectivity index (χ0v) is 8.21. The summed E-state index contributed by atoms with van der Waals surface area (Å²) in [6, 6.07) is 1.75. The van der Waals surface area contributed by atoms with Gasteiger partial charge in [-0.3, -0.25) is 10.1 Å². The third-order valence-electron chi connectivity index (χ3n) is 1.93. The molecule has 0 saturated carbocycles. The molecule has 1 unspecified atom stereocenters. The maximum Gasteiger partial charge on any atom is 0.325 e. The highest BCUT2D eigenvalue weighted by Crippen LogP contribution is 2.16. The van der Waals surface area contributed by atoms with E-state index in [0.717, 1.165) is 12.1 Å². The second-order valence-electron chi connectivity index (χ2n) is 3.03. The molecule has 0 radical (unpaired) electrons. The highest BCUT2D eigenvalue weighted by Gasteiger charge is 2.19. The molecule has 0 aliphatic heterocycles. The maximum absolute atomic E-state index is 12.9. The monoisotopic (exact) mass is 225 g/mol. The van der Waals surface area contributed by atoms with Crippen LogP contribution in [0.15, 0.2) is 18.2 Å². The van der Waals surface area contributed by atoms with Crippen molar-refractivity contribution in [3.05, 3.63) is 35.4 Å². The molecule has 0 fully saturated rings. The molecule has 0 aromatic heterocycles. The molecule has 0 aliphatic rings. The second kappa shape index (κ2) is 5.24. The lowest BCUT2D eigenvalue weighted by Crippen LogP contribution is -2.28. The van der Waals surface area contributed by atoms with Gasteiger partial charge in [0, 0.05) is 0 Å². The van der Waals surface area contributed by atoms with Gasteiger partial charge in [0.1, 0.15) is 6.04 Å². The van der Waals surface area contributed by atoms with Gasteiger partial charge >= 0.3 is 5.97 Å². The predicted octanol–water partition coefficient (Wildman–Crippen LogP) is 1.31. The van der Waals surface area contributed by atoms with Crippen LogP contribution in [0.5, 0.6) is 0 Å². The first-order valence-corrected chi connectivity index (χ1v) is 4.41. The van der Waals surface area contributed by atoms with E-state index in [4.69, 9.17) is 11.5 Å². The summed E-state index contributed by atoms with van der Waals surface area (Å²) >= 11 is 0. The fraction of sp³-hybridized carbons (Fsp3) is 0.182. The summed E-state index contributed by atoms with van der Waals surface area (Å²) in [6.45, 7) is 0.0238. The van der Waals surface area contributed by atoms with Gasteiger partial charge in [0.05, 0.1) is 6.54 Å². The minimum atomic E-state index is -1.21. The van der Waals surface area contributed by atoms with Crippen molar-refractivity contribution in [2.45, 2.75) is 6.04 Å². The highest BCUT2D eigenvalue weighted by molar-refractivity contribution is 5.75. The number of terminal acetylenes is 1. The van der Waals surface area contributed by atoms with Gasteiger partial charge in [-0.05, 0) is 17.7 Å². The summed E-state index contributed by atoms with van der Waals surface area (Å²) in [4.78, 5) is 10.9. The average molecular weight is 225 g/mol. The zero-order valence-electron chi connectivity index (χ0n) is 8.21. The largest absolute Gasteiger partial charge is 0.480 e. The molecule has 0 heterocycles. The van der Waals surface area contributed by atoms with E-state index in [2.05, 4.69) is 11.2 Å². The molecule has 0 bridgehead atoms. The van der Waals surface area contributed by atoms with Crippen molar-refractivity contribution in [1.29, 1.82) is 0 Å². The number of nitrogens with one attached hydrogen (secondary N) is 1. The molecule has 0 aliphatic carbocycles. The molecule has 0 saturated heterocycles. The molecule has 2 N–H and O–H groups in total. The third kappa shape index (κ3) is 2.78. The molecule has 5 heteroatoms. The fourth-order valence-corrected chi connectivity index (χ4v) is 1.20. The van der Waals surface area contributed by atoms with Crippen molar-refractivity contribution in [2.24, 2.45) is 0 Å². The normalized spacial score (nSPS) is 11.8. The summed E-state index contributed by atoms with van der Waals surface area (Å²) in [7, 11) is 0. The van der Waals surface area contributed by atoms with E-state index in [-0.39, 0.29) is 12.1 Å². The van der Waals surface area contributed by atoms with E-state index in [9.17, 15) is 13.6 Å². The first-order valence-electron chi connectivity index (χ1n) is 4.41. The Balaban J connectivity index is 2.97. The number of rotatable bonds is 4. The van der Waals surface area contributed by atoms with Crippen molar-refractivity contribution in [3.8, 4) is 12.3 Å². The van der Waals surface area contributed by atoms with Crippen LogP contribution in [0.25, 0.3) is 0 Å². The number of hydrogen-bond donors (Lipinski definition) is 2. The van der Waals surface area contributed by atoms with E-state index in [1.165, 1.54) is 6.07 Å². The van der Waals surface area contributed by atoms with Gasteiger partial charge in [-0.2, -0.15) is 0 Å². The predicted molar refractivity (Wildman–Crippen MR) is 53.6 cm³/mol. The molecule has 84 valence electrons. The SMILES string of the molecule is C#CCNC(C(=O)O)c1ccc(F)c(F)c1. The van der Waals surface area contributed by atoms with Gasteiger partial charge in [-0.15, -0.1) is 6.42 Å². The summed E-state index contributed by atoms with van der Waals surface area (Å²) in [6.07, 6.45) is 4.97. The van der Waals surface area contributed by atoms with Gasteiger partial charge in [-0.25, -0.2) is 8.78 Å². The van der Waals surface area contributed by atoms with Gasteiger partial charge in [-0.1, -0.05) is 12.0 Å². The minimum Gasteiger partial charge on any atom is -0.480 e.